The standard InChI is InChI=1S/C30H33N3O6/c1-20(2)32-27(35)18-30(24-10-12-25(13-11-24)33(37)38,28(32)23-8-4-22(19-34)5-9-23)29(36)31-17-16-21-6-14-26(39-3)15-7-21/h4-15,20,28,34H,16-19H2,1-3H3,(H,31,36)/t28-,30-/m1/s1. The molecule has 9 nitrogen and oxygen atoms in total. The molecule has 0 bridgehead atoms. The maximum Gasteiger partial charge on any atom is 0.269 e. The van der Waals surface area contributed by atoms with Crippen LogP contribution in [0.3, 0.4) is 0 Å². The molecular formula is C30H33N3O6. The third-order valence-corrected chi connectivity index (χ3v) is 7.35. The number of nitrogens with one attached hydrogen (secondary N) is 1. The van der Waals surface area contributed by atoms with Crippen LogP contribution in [0.15, 0.2) is 72.8 Å². The summed E-state index contributed by atoms with van der Waals surface area (Å²) in [5.74, 6) is 0.246. The van der Waals surface area contributed by atoms with E-state index in [0.717, 1.165) is 16.9 Å². The number of carbonyl (C=O) groups excluding carboxylic acids is 2. The van der Waals surface area contributed by atoms with Crippen molar-refractivity contribution in [2.45, 2.75) is 50.8 Å². The van der Waals surface area contributed by atoms with Crippen LogP contribution in [0.2, 0.25) is 0 Å². The van der Waals surface area contributed by atoms with Gasteiger partial charge in [-0.2, -0.15) is 0 Å². The highest BCUT2D eigenvalue weighted by Gasteiger charge is 2.58. The molecular weight excluding hydrogens is 498 g/mol. The van der Waals surface area contributed by atoms with Gasteiger partial charge < -0.3 is 20.1 Å². The van der Waals surface area contributed by atoms with Crippen LogP contribution in [0, 0.1) is 10.1 Å². The summed E-state index contributed by atoms with van der Waals surface area (Å²) in [6, 6.07) is 19.8. The normalized spacial score (nSPS) is 18.8. The van der Waals surface area contributed by atoms with Gasteiger partial charge in [0, 0.05) is 31.1 Å². The zero-order valence-electron chi connectivity index (χ0n) is 22.3. The van der Waals surface area contributed by atoms with Crippen LogP contribution in [0.5, 0.6) is 5.75 Å². The number of aliphatic hydroxyl groups excluding tert-OH is 1. The highest BCUT2D eigenvalue weighted by Crippen LogP contribution is 2.51. The second-order valence-electron chi connectivity index (χ2n) is 10.0. The van der Waals surface area contributed by atoms with Gasteiger partial charge in [-0.1, -0.05) is 48.5 Å². The summed E-state index contributed by atoms with van der Waals surface area (Å²) < 4.78 is 5.21. The molecule has 0 saturated carbocycles. The molecule has 1 aliphatic heterocycles. The number of rotatable bonds is 10. The van der Waals surface area contributed by atoms with Crippen molar-refractivity contribution in [3.63, 3.8) is 0 Å². The highest BCUT2D eigenvalue weighted by atomic mass is 16.6. The fraction of sp³-hybridized carbons (Fsp3) is 0.333. The lowest BCUT2D eigenvalue weighted by Gasteiger charge is -2.39. The monoisotopic (exact) mass is 531 g/mol. The predicted molar refractivity (Wildman–Crippen MR) is 146 cm³/mol. The van der Waals surface area contributed by atoms with Crippen molar-refractivity contribution in [3.05, 3.63) is 105 Å². The number of non-ortho nitro benzene ring substituents is 1. The summed E-state index contributed by atoms with van der Waals surface area (Å²) >= 11 is 0. The first-order valence-corrected chi connectivity index (χ1v) is 12.9. The molecule has 39 heavy (non-hydrogen) atoms. The Morgan fingerprint density at radius 2 is 1.69 bits per heavy atom. The summed E-state index contributed by atoms with van der Waals surface area (Å²) in [5.41, 5.74) is 1.59. The molecule has 0 spiro atoms. The Morgan fingerprint density at radius 1 is 1.08 bits per heavy atom. The van der Waals surface area contributed by atoms with Gasteiger partial charge in [-0.25, -0.2) is 0 Å². The molecule has 0 aromatic heterocycles. The quantitative estimate of drug-likeness (QED) is 0.300. The molecule has 204 valence electrons. The molecule has 9 heteroatoms. The fourth-order valence-corrected chi connectivity index (χ4v) is 5.39. The lowest BCUT2D eigenvalue weighted by atomic mass is 9.70. The van der Waals surface area contributed by atoms with Crippen molar-refractivity contribution in [1.29, 1.82) is 0 Å². The second kappa shape index (κ2) is 11.7. The third-order valence-electron chi connectivity index (χ3n) is 7.35. The van der Waals surface area contributed by atoms with Gasteiger partial charge in [-0.15, -0.1) is 0 Å². The first-order chi connectivity index (χ1) is 18.7. The number of nitro groups is 1. The molecule has 2 amide bonds. The van der Waals surface area contributed by atoms with E-state index in [1.807, 2.05) is 50.2 Å². The van der Waals surface area contributed by atoms with Gasteiger partial charge in [0.1, 0.15) is 11.2 Å². The molecule has 3 aromatic carbocycles. The van der Waals surface area contributed by atoms with Gasteiger partial charge in [0.05, 0.1) is 24.7 Å². The van der Waals surface area contributed by atoms with Gasteiger partial charge in [0.25, 0.3) is 5.69 Å². The molecule has 1 heterocycles. The molecule has 1 saturated heterocycles. The van der Waals surface area contributed by atoms with E-state index in [4.69, 9.17) is 4.74 Å². The molecule has 2 atom stereocenters. The SMILES string of the molecule is COc1ccc(CCNC(=O)[C@@]2(c3ccc([N+](=O)[O-])cc3)CC(=O)N(C(C)C)[C@@H]2c2ccc(CO)cc2)cc1. The Hall–Kier alpha value is -4.24. The number of aliphatic hydroxyl groups is 1. The molecule has 1 fully saturated rings. The minimum Gasteiger partial charge on any atom is -0.497 e. The first kappa shape index (κ1) is 27.8. The van der Waals surface area contributed by atoms with Crippen molar-refractivity contribution in [1.82, 2.24) is 10.2 Å². The van der Waals surface area contributed by atoms with Crippen LogP contribution in [0.4, 0.5) is 5.69 Å². The zero-order valence-corrected chi connectivity index (χ0v) is 22.3. The Balaban J connectivity index is 1.76. The van der Waals surface area contributed by atoms with Gasteiger partial charge in [0.15, 0.2) is 0 Å². The number of carbonyl (C=O) groups is 2. The van der Waals surface area contributed by atoms with E-state index in [1.165, 1.54) is 12.1 Å². The second-order valence-corrected chi connectivity index (χ2v) is 10.0. The molecule has 4 rings (SSSR count). The molecule has 1 aliphatic rings. The number of methoxy groups -OCH3 is 1. The average Bonchev–Trinajstić information content (AvgIpc) is 3.27. The van der Waals surface area contributed by atoms with Crippen molar-refractivity contribution in [2.24, 2.45) is 0 Å². The van der Waals surface area contributed by atoms with E-state index in [9.17, 15) is 24.8 Å². The summed E-state index contributed by atoms with van der Waals surface area (Å²) in [5, 5.41) is 23.9. The van der Waals surface area contributed by atoms with E-state index in [1.54, 1.807) is 36.3 Å². The van der Waals surface area contributed by atoms with Crippen LogP contribution in [-0.2, 0) is 28.0 Å². The lowest BCUT2D eigenvalue weighted by molar-refractivity contribution is -0.384. The topological polar surface area (TPSA) is 122 Å². The highest BCUT2D eigenvalue weighted by molar-refractivity contribution is 5.98. The summed E-state index contributed by atoms with van der Waals surface area (Å²) in [6.45, 7) is 4.02. The van der Waals surface area contributed by atoms with Crippen LogP contribution in [0.25, 0.3) is 0 Å². The van der Waals surface area contributed by atoms with Crippen molar-refractivity contribution < 1.29 is 24.4 Å². The van der Waals surface area contributed by atoms with Crippen LogP contribution in [-0.4, -0.2) is 46.4 Å². The smallest absolute Gasteiger partial charge is 0.269 e. The number of hydrogen-bond donors (Lipinski definition) is 2. The molecule has 3 aromatic rings. The van der Waals surface area contributed by atoms with E-state index in [2.05, 4.69) is 5.32 Å². The third kappa shape index (κ3) is 5.49. The van der Waals surface area contributed by atoms with Gasteiger partial charge in [0.2, 0.25) is 11.8 Å². The Morgan fingerprint density at radius 3 is 2.23 bits per heavy atom. The summed E-state index contributed by atoms with van der Waals surface area (Å²) in [7, 11) is 1.60. The van der Waals surface area contributed by atoms with Gasteiger partial charge in [-0.3, -0.25) is 19.7 Å². The number of nitrogens with zero attached hydrogens (tertiary/aromatic N) is 2. The summed E-state index contributed by atoms with van der Waals surface area (Å²) in [6.07, 6.45) is 0.494. The Kier molecular flexibility index (Phi) is 8.30. The summed E-state index contributed by atoms with van der Waals surface area (Å²) in [4.78, 5) is 40.3. The number of likely N-dealkylation sites (tertiary alicyclic amines) is 1. The zero-order chi connectivity index (χ0) is 28.2. The van der Waals surface area contributed by atoms with Gasteiger partial charge >= 0.3 is 0 Å². The number of ether oxygens (including phenoxy) is 1. The van der Waals surface area contributed by atoms with E-state index >= 15 is 0 Å². The fourth-order valence-electron chi connectivity index (χ4n) is 5.39. The Bertz CT molecular complexity index is 1320. The van der Waals surface area contributed by atoms with Crippen molar-refractivity contribution in [2.75, 3.05) is 13.7 Å². The van der Waals surface area contributed by atoms with E-state index in [-0.39, 0.29) is 36.6 Å². The van der Waals surface area contributed by atoms with E-state index in [0.29, 0.717) is 24.1 Å². The minimum absolute atomic E-state index is 0.0796. The maximum atomic E-state index is 14.2. The van der Waals surface area contributed by atoms with Crippen molar-refractivity contribution >= 4 is 17.5 Å². The molecule has 0 aliphatic carbocycles. The number of nitro benzene ring substituents is 1. The number of benzene rings is 3. The predicted octanol–water partition coefficient (Wildman–Crippen LogP) is 4.07. The van der Waals surface area contributed by atoms with Crippen LogP contribution >= 0.6 is 0 Å². The van der Waals surface area contributed by atoms with Crippen molar-refractivity contribution in [3.8, 4) is 5.75 Å². The van der Waals surface area contributed by atoms with E-state index < -0.39 is 16.4 Å². The first-order valence-electron chi connectivity index (χ1n) is 12.9. The molecule has 2 N–H and O–H groups in total. The largest absolute Gasteiger partial charge is 0.497 e. The number of amides is 2. The Labute approximate surface area is 227 Å². The minimum atomic E-state index is -1.32. The molecule has 0 radical (unpaired) electrons. The van der Waals surface area contributed by atoms with Crippen LogP contribution in [0.1, 0.15) is 48.6 Å². The van der Waals surface area contributed by atoms with Crippen LogP contribution < -0.4 is 10.1 Å². The average molecular weight is 532 g/mol. The maximum absolute atomic E-state index is 14.2. The lowest BCUT2D eigenvalue weighted by Crippen LogP contribution is -2.49. The number of hydrogen-bond acceptors (Lipinski definition) is 6. The molecule has 0 unspecified atom stereocenters. The van der Waals surface area contributed by atoms with Gasteiger partial charge in [-0.05, 0) is 54.7 Å².